The van der Waals surface area contributed by atoms with Gasteiger partial charge >= 0.3 is 0 Å². The quantitative estimate of drug-likeness (QED) is 0.571. The minimum atomic E-state index is 0.185. The summed E-state index contributed by atoms with van der Waals surface area (Å²) in [6, 6.07) is 27.3. The lowest BCUT2D eigenvalue weighted by Crippen LogP contribution is -2.14. The van der Waals surface area contributed by atoms with Crippen molar-refractivity contribution in [3.63, 3.8) is 0 Å². The summed E-state index contributed by atoms with van der Waals surface area (Å²) in [5, 5.41) is 3.67. The number of fused-ring (bicyclic) bond motifs is 1. The normalized spacial score (nSPS) is 16.5. The zero-order valence-corrected chi connectivity index (χ0v) is 14.7. The second-order valence-corrected chi connectivity index (χ2v) is 6.81. The van der Waals surface area contributed by atoms with E-state index in [0.717, 1.165) is 28.0 Å². The molecule has 0 aromatic heterocycles. The Morgan fingerprint density at radius 1 is 0.875 bits per heavy atom. The van der Waals surface area contributed by atoms with Gasteiger partial charge in [-0.25, -0.2) is 0 Å². The van der Waals surface area contributed by atoms with Crippen LogP contribution in [-0.2, 0) is 0 Å². The van der Waals surface area contributed by atoms with Crippen LogP contribution in [0.3, 0.4) is 0 Å². The van der Waals surface area contributed by atoms with Crippen LogP contribution in [-0.4, -0.2) is 5.71 Å². The number of nitrogens with zero attached hydrogens (tertiary/aromatic N) is 1. The third-order valence-electron chi connectivity index (χ3n) is 4.24. The Hall–Kier alpha value is -2.39. The summed E-state index contributed by atoms with van der Waals surface area (Å²) in [6.45, 7) is 0. The third kappa shape index (κ3) is 3.13. The zero-order chi connectivity index (χ0) is 16.4. The topological polar surface area (TPSA) is 24.4 Å². The molecule has 24 heavy (non-hydrogen) atoms. The van der Waals surface area contributed by atoms with E-state index in [1.807, 2.05) is 18.2 Å². The largest absolute Gasteiger partial charge is 0.376 e. The van der Waals surface area contributed by atoms with Crippen LogP contribution in [0.4, 0.5) is 11.4 Å². The molecule has 1 N–H and O–H groups in total. The summed E-state index contributed by atoms with van der Waals surface area (Å²) >= 11 is 3.58. The minimum absolute atomic E-state index is 0.185. The van der Waals surface area contributed by atoms with E-state index in [0.29, 0.717) is 0 Å². The number of rotatable bonds is 2. The molecule has 4 rings (SSSR count). The van der Waals surface area contributed by atoms with E-state index in [9.17, 15) is 0 Å². The smallest absolute Gasteiger partial charge is 0.0864 e. The standard InChI is InChI=1S/C21H17BrN2/c22-17-10-6-9-16(13-17)21-14-20(15-7-2-1-3-8-15)23-18-11-4-5-12-19(18)24-21/h1-13,21,24H,14H2/t21-/m0/s1. The van der Waals surface area contributed by atoms with Gasteiger partial charge in [0.25, 0.3) is 0 Å². The molecule has 0 saturated carbocycles. The van der Waals surface area contributed by atoms with E-state index in [1.54, 1.807) is 0 Å². The number of benzene rings is 3. The maximum Gasteiger partial charge on any atom is 0.0864 e. The summed E-state index contributed by atoms with van der Waals surface area (Å²) in [7, 11) is 0. The van der Waals surface area contributed by atoms with Crippen molar-refractivity contribution in [3.8, 4) is 0 Å². The fourth-order valence-corrected chi connectivity index (χ4v) is 3.47. The van der Waals surface area contributed by atoms with Gasteiger partial charge in [-0.2, -0.15) is 0 Å². The van der Waals surface area contributed by atoms with Crippen molar-refractivity contribution in [3.05, 3.63) is 94.5 Å². The highest BCUT2D eigenvalue weighted by Crippen LogP contribution is 2.35. The van der Waals surface area contributed by atoms with Crippen LogP contribution in [0, 0.1) is 0 Å². The van der Waals surface area contributed by atoms with E-state index in [1.165, 1.54) is 11.1 Å². The molecule has 1 aliphatic heterocycles. The van der Waals surface area contributed by atoms with Gasteiger partial charge in [0.1, 0.15) is 0 Å². The molecule has 0 bridgehead atoms. The fraction of sp³-hybridized carbons (Fsp3) is 0.0952. The van der Waals surface area contributed by atoms with Crippen LogP contribution in [0.25, 0.3) is 0 Å². The third-order valence-corrected chi connectivity index (χ3v) is 4.74. The van der Waals surface area contributed by atoms with Crippen LogP contribution in [0.2, 0.25) is 0 Å². The van der Waals surface area contributed by atoms with Crippen molar-refractivity contribution < 1.29 is 0 Å². The monoisotopic (exact) mass is 376 g/mol. The second-order valence-electron chi connectivity index (χ2n) is 5.90. The van der Waals surface area contributed by atoms with Gasteiger partial charge in [-0.15, -0.1) is 0 Å². The Morgan fingerprint density at radius 2 is 1.67 bits per heavy atom. The van der Waals surface area contributed by atoms with Crippen molar-refractivity contribution in [2.24, 2.45) is 4.99 Å². The van der Waals surface area contributed by atoms with Gasteiger partial charge < -0.3 is 5.32 Å². The molecule has 3 aromatic carbocycles. The van der Waals surface area contributed by atoms with Gasteiger partial charge in [-0.3, -0.25) is 4.99 Å². The number of anilines is 1. The first kappa shape index (κ1) is 15.2. The molecular formula is C21H17BrN2. The fourth-order valence-electron chi connectivity index (χ4n) is 3.05. The number of para-hydroxylation sites is 2. The molecule has 1 aliphatic rings. The average Bonchev–Trinajstić information content (AvgIpc) is 2.82. The first-order valence-electron chi connectivity index (χ1n) is 8.03. The highest BCUT2D eigenvalue weighted by Gasteiger charge is 2.20. The SMILES string of the molecule is Brc1cccc([C@@H]2CC(c3ccccc3)=Nc3ccccc3N2)c1. The Labute approximate surface area is 150 Å². The minimum Gasteiger partial charge on any atom is -0.376 e. The molecule has 0 radical (unpaired) electrons. The second kappa shape index (κ2) is 6.62. The van der Waals surface area contributed by atoms with E-state index < -0.39 is 0 Å². The van der Waals surface area contributed by atoms with Gasteiger partial charge in [0, 0.05) is 10.9 Å². The van der Waals surface area contributed by atoms with Gasteiger partial charge in [0.2, 0.25) is 0 Å². The van der Waals surface area contributed by atoms with Crippen LogP contribution in [0.1, 0.15) is 23.6 Å². The summed E-state index contributed by atoms with van der Waals surface area (Å²) in [4.78, 5) is 4.95. The summed E-state index contributed by atoms with van der Waals surface area (Å²) in [6.07, 6.45) is 0.842. The number of nitrogens with one attached hydrogen (secondary N) is 1. The van der Waals surface area contributed by atoms with Gasteiger partial charge in [-0.1, -0.05) is 70.5 Å². The molecule has 0 aliphatic carbocycles. The van der Waals surface area contributed by atoms with Crippen LogP contribution < -0.4 is 5.32 Å². The lowest BCUT2D eigenvalue weighted by molar-refractivity contribution is 0.828. The Balaban J connectivity index is 1.81. The molecule has 3 aromatic rings. The summed E-state index contributed by atoms with van der Waals surface area (Å²) in [5.41, 5.74) is 5.61. The van der Waals surface area contributed by atoms with Gasteiger partial charge in [0.05, 0.1) is 23.1 Å². The predicted molar refractivity (Wildman–Crippen MR) is 104 cm³/mol. The Bertz CT molecular complexity index is 887. The molecule has 118 valence electrons. The van der Waals surface area contributed by atoms with Crippen molar-refractivity contribution in [1.82, 2.24) is 0 Å². The summed E-state index contributed by atoms with van der Waals surface area (Å²) in [5.74, 6) is 0. The van der Waals surface area contributed by atoms with Crippen LogP contribution in [0.15, 0.2) is 88.3 Å². The first-order valence-corrected chi connectivity index (χ1v) is 8.83. The lowest BCUT2D eigenvalue weighted by Gasteiger charge is -2.19. The number of hydrogen-bond acceptors (Lipinski definition) is 2. The maximum atomic E-state index is 4.95. The summed E-state index contributed by atoms with van der Waals surface area (Å²) < 4.78 is 1.09. The molecule has 1 heterocycles. The highest BCUT2D eigenvalue weighted by molar-refractivity contribution is 9.10. The van der Waals surface area contributed by atoms with E-state index in [-0.39, 0.29) is 6.04 Å². The lowest BCUT2D eigenvalue weighted by atomic mass is 9.97. The van der Waals surface area contributed by atoms with Gasteiger partial charge in [-0.05, 0) is 35.4 Å². The van der Waals surface area contributed by atoms with Crippen molar-refractivity contribution in [1.29, 1.82) is 0 Å². The number of aliphatic imine (C=N–C) groups is 1. The van der Waals surface area contributed by atoms with E-state index in [2.05, 4.69) is 81.9 Å². The predicted octanol–water partition coefficient (Wildman–Crippen LogP) is 6.13. The molecule has 0 unspecified atom stereocenters. The van der Waals surface area contributed by atoms with Crippen LogP contribution in [0.5, 0.6) is 0 Å². The first-order chi connectivity index (χ1) is 11.8. The van der Waals surface area contributed by atoms with E-state index in [4.69, 9.17) is 4.99 Å². The van der Waals surface area contributed by atoms with Crippen molar-refractivity contribution in [2.75, 3.05) is 5.32 Å². The average molecular weight is 377 g/mol. The van der Waals surface area contributed by atoms with Crippen molar-refractivity contribution in [2.45, 2.75) is 12.5 Å². The molecule has 0 fully saturated rings. The Kier molecular flexibility index (Phi) is 4.18. The Morgan fingerprint density at radius 3 is 2.50 bits per heavy atom. The molecule has 0 spiro atoms. The molecular weight excluding hydrogens is 360 g/mol. The van der Waals surface area contributed by atoms with Crippen LogP contribution >= 0.6 is 15.9 Å². The van der Waals surface area contributed by atoms with Gasteiger partial charge in [0.15, 0.2) is 0 Å². The molecule has 3 heteroatoms. The molecule has 0 amide bonds. The zero-order valence-electron chi connectivity index (χ0n) is 13.1. The molecule has 0 saturated heterocycles. The number of hydrogen-bond donors (Lipinski definition) is 1. The molecule has 2 nitrogen and oxygen atoms in total. The highest BCUT2D eigenvalue weighted by atomic mass is 79.9. The number of halogens is 1. The maximum absolute atomic E-state index is 4.95. The molecule has 1 atom stereocenters. The van der Waals surface area contributed by atoms with E-state index >= 15 is 0 Å². The van der Waals surface area contributed by atoms with Crippen molar-refractivity contribution >= 4 is 33.0 Å².